The van der Waals surface area contributed by atoms with Gasteiger partial charge < -0.3 is 4.57 Å². The van der Waals surface area contributed by atoms with Gasteiger partial charge in [-0.1, -0.05) is 30.3 Å². The maximum absolute atomic E-state index is 12.2. The van der Waals surface area contributed by atoms with Gasteiger partial charge in [0.25, 0.3) is 0 Å². The minimum absolute atomic E-state index is 0.730. The monoisotopic (exact) mass is 311 g/mol. The van der Waals surface area contributed by atoms with E-state index in [1.807, 2.05) is 41.3 Å². The predicted octanol–water partition coefficient (Wildman–Crippen LogP) is 3.24. The van der Waals surface area contributed by atoms with Crippen LogP contribution in [0, 0.1) is 0 Å². The van der Waals surface area contributed by atoms with Crippen LogP contribution in [0.1, 0.15) is 5.56 Å². The lowest BCUT2D eigenvalue weighted by atomic mass is 10.2. The minimum atomic E-state index is -2.30. The third kappa shape index (κ3) is 3.34. The van der Waals surface area contributed by atoms with Crippen LogP contribution < -0.4 is 5.30 Å². The molecule has 0 atom stereocenters. The van der Waals surface area contributed by atoms with Gasteiger partial charge in [-0.15, -0.1) is 0 Å². The highest BCUT2D eigenvalue weighted by Gasteiger charge is 2.13. The van der Waals surface area contributed by atoms with Gasteiger partial charge in [0, 0.05) is 35.0 Å². The van der Waals surface area contributed by atoms with Crippen LogP contribution in [0.25, 0.3) is 11.1 Å². The second-order valence-corrected chi connectivity index (χ2v) is 8.91. The molecular weight excluding hydrogens is 293 g/mol. The highest BCUT2D eigenvalue weighted by molar-refractivity contribution is 7.70. The molecule has 4 nitrogen and oxygen atoms in total. The van der Waals surface area contributed by atoms with Gasteiger partial charge in [0.2, 0.25) is 0 Å². The number of rotatable bonds is 4. The highest BCUT2D eigenvalue weighted by atomic mass is 31.2. The highest BCUT2D eigenvalue weighted by Crippen LogP contribution is 2.35. The average molecular weight is 311 g/mol. The van der Waals surface area contributed by atoms with E-state index in [9.17, 15) is 4.57 Å². The molecule has 112 valence electrons. The molecule has 0 radical (unpaired) electrons. The Kier molecular flexibility index (Phi) is 3.95. The zero-order chi connectivity index (χ0) is 15.6. The molecule has 2 aromatic heterocycles. The van der Waals surface area contributed by atoms with E-state index in [0.717, 1.165) is 23.0 Å². The fourth-order valence-corrected chi connectivity index (χ4v) is 3.04. The van der Waals surface area contributed by atoms with Crippen molar-refractivity contribution in [3.05, 3.63) is 66.7 Å². The Hall–Kier alpha value is -2.19. The topological polar surface area (TPSA) is 47.8 Å². The van der Waals surface area contributed by atoms with Crippen LogP contribution in [0.2, 0.25) is 0 Å². The van der Waals surface area contributed by atoms with Crippen molar-refractivity contribution in [3.63, 3.8) is 0 Å². The van der Waals surface area contributed by atoms with Crippen molar-refractivity contribution < 1.29 is 4.57 Å². The molecule has 22 heavy (non-hydrogen) atoms. The van der Waals surface area contributed by atoms with Gasteiger partial charge >= 0.3 is 0 Å². The summed E-state index contributed by atoms with van der Waals surface area (Å²) in [5.74, 6) is 0. The summed E-state index contributed by atoms with van der Waals surface area (Å²) in [5.41, 5.74) is 3.13. The van der Waals surface area contributed by atoms with E-state index in [1.54, 1.807) is 25.7 Å². The summed E-state index contributed by atoms with van der Waals surface area (Å²) in [6.45, 7) is 4.24. The van der Waals surface area contributed by atoms with Gasteiger partial charge in [-0.2, -0.15) is 5.10 Å². The molecule has 0 saturated carbocycles. The number of hydrogen-bond donors (Lipinski definition) is 0. The van der Waals surface area contributed by atoms with Crippen LogP contribution in [0.15, 0.2) is 61.2 Å². The normalized spacial score (nSPS) is 11.5. The third-order valence-electron chi connectivity index (χ3n) is 3.50. The van der Waals surface area contributed by atoms with Gasteiger partial charge in [-0.3, -0.25) is 9.67 Å². The van der Waals surface area contributed by atoms with Crippen molar-refractivity contribution in [1.29, 1.82) is 0 Å². The first kappa shape index (κ1) is 14.7. The Morgan fingerprint density at radius 1 is 1.05 bits per heavy atom. The molecule has 3 rings (SSSR count). The van der Waals surface area contributed by atoms with Gasteiger partial charge in [0.1, 0.15) is 7.14 Å². The molecule has 0 saturated heterocycles. The fraction of sp³-hybridized carbons (Fsp3) is 0.176. The maximum Gasteiger partial charge on any atom is 0.111 e. The van der Waals surface area contributed by atoms with Crippen molar-refractivity contribution in [3.8, 4) is 11.1 Å². The minimum Gasteiger partial charge on any atom is -0.319 e. The Balaban J connectivity index is 1.86. The molecule has 1 aromatic carbocycles. The molecule has 0 N–H and O–H groups in total. The van der Waals surface area contributed by atoms with Crippen molar-refractivity contribution >= 4 is 12.4 Å². The van der Waals surface area contributed by atoms with Crippen molar-refractivity contribution in [1.82, 2.24) is 14.8 Å². The van der Waals surface area contributed by atoms with Crippen LogP contribution in [0.3, 0.4) is 0 Å². The number of aromatic nitrogens is 3. The first-order valence-corrected chi connectivity index (χ1v) is 9.70. The smallest absolute Gasteiger partial charge is 0.111 e. The summed E-state index contributed by atoms with van der Waals surface area (Å²) in [4.78, 5) is 4.21. The molecule has 0 unspecified atom stereocenters. The van der Waals surface area contributed by atoms with Crippen molar-refractivity contribution in [2.24, 2.45) is 0 Å². The average Bonchev–Trinajstić information content (AvgIpc) is 2.96. The van der Waals surface area contributed by atoms with E-state index in [2.05, 4.69) is 22.2 Å². The van der Waals surface area contributed by atoms with Gasteiger partial charge in [-0.05, 0) is 25.0 Å². The Morgan fingerprint density at radius 3 is 2.55 bits per heavy atom. The second-order valence-electron chi connectivity index (χ2n) is 5.69. The molecule has 3 aromatic rings. The van der Waals surface area contributed by atoms with Gasteiger partial charge in [0.15, 0.2) is 0 Å². The van der Waals surface area contributed by atoms with Crippen LogP contribution in [0.5, 0.6) is 0 Å². The first-order valence-electron chi connectivity index (χ1n) is 7.10. The van der Waals surface area contributed by atoms with E-state index in [0.29, 0.717) is 0 Å². The van der Waals surface area contributed by atoms with Crippen LogP contribution in [0.4, 0.5) is 0 Å². The lowest BCUT2D eigenvalue weighted by molar-refractivity contribution is 0.588. The molecule has 0 spiro atoms. The van der Waals surface area contributed by atoms with Crippen molar-refractivity contribution in [2.45, 2.75) is 6.54 Å². The van der Waals surface area contributed by atoms with Crippen LogP contribution in [-0.4, -0.2) is 28.1 Å². The van der Waals surface area contributed by atoms with Gasteiger partial charge in [-0.25, -0.2) is 0 Å². The first-order chi connectivity index (χ1) is 10.5. The SMILES string of the molecule is CP(C)(=O)c1cncc(-c2cnn(Cc3ccccc3)c2)c1. The number of nitrogens with zero attached hydrogens (tertiary/aromatic N) is 3. The molecule has 0 aliphatic heterocycles. The number of hydrogen-bond acceptors (Lipinski definition) is 3. The number of pyridine rings is 1. The van der Waals surface area contributed by atoms with E-state index in [1.165, 1.54) is 5.56 Å². The molecule has 0 aliphatic carbocycles. The summed E-state index contributed by atoms with van der Waals surface area (Å²) in [6, 6.07) is 12.1. The molecule has 0 fully saturated rings. The fourth-order valence-electron chi connectivity index (χ4n) is 2.25. The summed E-state index contributed by atoms with van der Waals surface area (Å²) in [6.07, 6.45) is 7.27. The summed E-state index contributed by atoms with van der Waals surface area (Å²) in [5, 5.41) is 5.19. The van der Waals surface area contributed by atoms with Crippen LogP contribution >= 0.6 is 7.14 Å². The third-order valence-corrected chi connectivity index (χ3v) is 4.99. The van der Waals surface area contributed by atoms with E-state index in [4.69, 9.17) is 0 Å². The van der Waals surface area contributed by atoms with Crippen LogP contribution in [-0.2, 0) is 11.1 Å². The number of benzene rings is 1. The zero-order valence-corrected chi connectivity index (χ0v) is 13.6. The molecule has 0 bridgehead atoms. The van der Waals surface area contributed by atoms with E-state index < -0.39 is 7.14 Å². The molecule has 2 heterocycles. The Bertz CT molecular complexity index is 821. The van der Waals surface area contributed by atoms with Gasteiger partial charge in [0.05, 0.1) is 12.7 Å². The molecular formula is C17H18N3OP. The zero-order valence-electron chi connectivity index (χ0n) is 12.7. The second kappa shape index (κ2) is 5.90. The maximum atomic E-state index is 12.2. The molecule has 0 aliphatic rings. The van der Waals surface area contributed by atoms with E-state index in [-0.39, 0.29) is 0 Å². The molecule has 0 amide bonds. The standard InChI is InChI=1S/C17H18N3OP/c1-22(2,21)17-8-15(9-18-11-17)16-10-19-20(13-16)12-14-6-4-3-5-7-14/h3-11,13H,12H2,1-2H3. The lowest BCUT2D eigenvalue weighted by Gasteiger charge is -2.07. The van der Waals surface area contributed by atoms with Crippen molar-refractivity contribution in [2.75, 3.05) is 13.3 Å². The Labute approximate surface area is 130 Å². The quantitative estimate of drug-likeness (QED) is 0.695. The largest absolute Gasteiger partial charge is 0.319 e. The summed E-state index contributed by atoms with van der Waals surface area (Å²) in [7, 11) is -2.30. The summed E-state index contributed by atoms with van der Waals surface area (Å²) < 4.78 is 14.1. The summed E-state index contributed by atoms with van der Waals surface area (Å²) >= 11 is 0. The predicted molar refractivity (Wildman–Crippen MR) is 90.1 cm³/mol. The lowest BCUT2D eigenvalue weighted by Crippen LogP contribution is -2.04. The Morgan fingerprint density at radius 2 is 1.82 bits per heavy atom. The molecule has 5 heteroatoms. The van der Waals surface area contributed by atoms with E-state index >= 15 is 0 Å².